The largest absolute Gasteiger partial charge is 0.508 e. The molecule has 0 aliphatic carbocycles. The van der Waals surface area contributed by atoms with Gasteiger partial charge in [0.15, 0.2) is 6.10 Å². The van der Waals surface area contributed by atoms with E-state index in [2.05, 4.69) is 0 Å². The summed E-state index contributed by atoms with van der Waals surface area (Å²) in [5.41, 5.74) is 1.57. The summed E-state index contributed by atoms with van der Waals surface area (Å²) in [6, 6.07) is 12.0. The second-order valence-corrected chi connectivity index (χ2v) is 4.78. The highest BCUT2D eigenvalue weighted by Gasteiger charge is 2.30. The number of aromatic hydroxyl groups is 1. The van der Waals surface area contributed by atoms with E-state index in [0.717, 1.165) is 5.56 Å². The number of Topliss-reactive ketones (excluding diaryl/α,β-unsaturated/α-hetero) is 1. The van der Waals surface area contributed by atoms with Crippen LogP contribution < -0.4 is 9.47 Å². The predicted octanol–water partition coefficient (Wildman–Crippen LogP) is 2.72. The Labute approximate surface area is 116 Å². The van der Waals surface area contributed by atoms with E-state index in [-0.39, 0.29) is 18.1 Å². The summed E-state index contributed by atoms with van der Waals surface area (Å²) in [6.45, 7) is 2.13. The molecule has 1 unspecified atom stereocenters. The first-order valence-corrected chi connectivity index (χ1v) is 6.37. The Hall–Kier alpha value is -2.49. The Morgan fingerprint density at radius 3 is 2.70 bits per heavy atom. The molecule has 3 rings (SSSR count). The Kier molecular flexibility index (Phi) is 3.06. The van der Waals surface area contributed by atoms with Gasteiger partial charge in [0.2, 0.25) is 5.78 Å². The van der Waals surface area contributed by atoms with E-state index in [4.69, 9.17) is 9.47 Å². The molecule has 0 spiro atoms. The number of ether oxygens (including phenoxy) is 2. The van der Waals surface area contributed by atoms with Crippen LogP contribution >= 0.6 is 0 Å². The summed E-state index contributed by atoms with van der Waals surface area (Å²) < 4.78 is 11.2. The Bertz CT molecular complexity index is 646. The molecule has 20 heavy (non-hydrogen) atoms. The van der Waals surface area contributed by atoms with Crippen LogP contribution in [0.3, 0.4) is 0 Å². The average Bonchev–Trinajstić information content (AvgIpc) is 2.44. The zero-order valence-corrected chi connectivity index (χ0v) is 11.0. The minimum Gasteiger partial charge on any atom is -0.508 e. The topological polar surface area (TPSA) is 55.8 Å². The van der Waals surface area contributed by atoms with Crippen LogP contribution in [0.5, 0.6) is 17.2 Å². The minimum absolute atomic E-state index is 0.0782. The standard InChI is InChI=1S/C16H14O4/c1-10-2-5-12(6-3-10)20-15-9-19-14-8-11(17)4-7-13(14)16(15)18/h2-8,15,17H,9H2,1H3. The molecule has 0 radical (unpaired) electrons. The molecule has 1 N–H and O–H groups in total. The number of phenolic OH excluding ortho intramolecular Hbond substituents is 1. The van der Waals surface area contributed by atoms with Crippen LogP contribution in [0, 0.1) is 6.92 Å². The average molecular weight is 270 g/mol. The lowest BCUT2D eigenvalue weighted by molar-refractivity contribution is 0.0628. The molecule has 1 heterocycles. The maximum atomic E-state index is 12.3. The molecule has 2 aromatic rings. The minimum atomic E-state index is -0.658. The van der Waals surface area contributed by atoms with Crippen LogP contribution in [0.4, 0.5) is 0 Å². The van der Waals surface area contributed by atoms with Gasteiger partial charge in [-0.15, -0.1) is 0 Å². The monoisotopic (exact) mass is 270 g/mol. The summed E-state index contributed by atoms with van der Waals surface area (Å²) in [5.74, 6) is 0.986. The van der Waals surface area contributed by atoms with Crippen molar-refractivity contribution in [1.29, 1.82) is 0 Å². The number of hydrogen-bond acceptors (Lipinski definition) is 4. The smallest absolute Gasteiger partial charge is 0.210 e. The van der Waals surface area contributed by atoms with Crippen molar-refractivity contribution in [2.24, 2.45) is 0 Å². The highest BCUT2D eigenvalue weighted by molar-refractivity contribution is 6.03. The third-order valence-corrected chi connectivity index (χ3v) is 3.21. The maximum absolute atomic E-state index is 12.3. The van der Waals surface area contributed by atoms with Gasteiger partial charge in [-0.3, -0.25) is 4.79 Å². The lowest BCUT2D eigenvalue weighted by Crippen LogP contribution is -2.37. The number of hydrogen-bond donors (Lipinski definition) is 1. The van der Waals surface area contributed by atoms with Crippen LogP contribution in [-0.4, -0.2) is 23.6 Å². The van der Waals surface area contributed by atoms with Gasteiger partial charge in [0.1, 0.15) is 23.9 Å². The molecular formula is C16H14O4. The van der Waals surface area contributed by atoms with Gasteiger partial charge in [-0.05, 0) is 31.2 Å². The first-order chi connectivity index (χ1) is 9.63. The van der Waals surface area contributed by atoms with Gasteiger partial charge < -0.3 is 14.6 Å². The van der Waals surface area contributed by atoms with Gasteiger partial charge in [-0.1, -0.05) is 17.7 Å². The number of rotatable bonds is 2. The summed E-state index contributed by atoms with van der Waals surface area (Å²) in [6.07, 6.45) is -0.658. The Morgan fingerprint density at radius 2 is 1.95 bits per heavy atom. The number of phenols is 1. The Morgan fingerprint density at radius 1 is 1.20 bits per heavy atom. The summed E-state index contributed by atoms with van der Waals surface area (Å²) in [5, 5.41) is 9.38. The van der Waals surface area contributed by atoms with E-state index in [0.29, 0.717) is 17.1 Å². The van der Waals surface area contributed by atoms with E-state index in [1.807, 2.05) is 31.2 Å². The summed E-state index contributed by atoms with van der Waals surface area (Å²) in [4.78, 5) is 12.3. The van der Waals surface area contributed by atoms with Crippen LogP contribution in [-0.2, 0) is 0 Å². The molecule has 4 nitrogen and oxygen atoms in total. The molecule has 0 saturated heterocycles. The molecule has 2 aromatic carbocycles. The molecule has 0 fully saturated rings. The zero-order chi connectivity index (χ0) is 14.1. The third-order valence-electron chi connectivity index (χ3n) is 3.21. The number of carbonyl (C=O) groups is 1. The zero-order valence-electron chi connectivity index (χ0n) is 11.0. The lowest BCUT2D eigenvalue weighted by Gasteiger charge is -2.24. The van der Waals surface area contributed by atoms with Crippen LogP contribution in [0.2, 0.25) is 0 Å². The molecule has 0 saturated carbocycles. The molecule has 0 bridgehead atoms. The fraction of sp³-hybridized carbons (Fsp3) is 0.188. The molecular weight excluding hydrogens is 256 g/mol. The van der Waals surface area contributed by atoms with E-state index < -0.39 is 6.10 Å². The molecule has 4 heteroatoms. The first kappa shape index (κ1) is 12.5. The fourth-order valence-corrected chi connectivity index (χ4v) is 2.12. The van der Waals surface area contributed by atoms with Crippen molar-refractivity contribution in [1.82, 2.24) is 0 Å². The SMILES string of the molecule is Cc1ccc(OC2COc3cc(O)ccc3C2=O)cc1. The van der Waals surface area contributed by atoms with Gasteiger partial charge in [0, 0.05) is 6.07 Å². The van der Waals surface area contributed by atoms with Crippen molar-refractivity contribution in [2.45, 2.75) is 13.0 Å². The Balaban J connectivity index is 1.81. The highest BCUT2D eigenvalue weighted by atomic mass is 16.5. The van der Waals surface area contributed by atoms with Crippen molar-refractivity contribution < 1.29 is 19.4 Å². The number of fused-ring (bicyclic) bond motifs is 1. The van der Waals surface area contributed by atoms with Crippen molar-refractivity contribution in [3.8, 4) is 17.2 Å². The summed E-state index contributed by atoms with van der Waals surface area (Å²) in [7, 11) is 0. The highest BCUT2D eigenvalue weighted by Crippen LogP contribution is 2.30. The van der Waals surface area contributed by atoms with Crippen LogP contribution in [0.1, 0.15) is 15.9 Å². The number of ketones is 1. The molecule has 1 aliphatic heterocycles. The fourth-order valence-electron chi connectivity index (χ4n) is 2.12. The normalized spacial score (nSPS) is 17.2. The predicted molar refractivity (Wildman–Crippen MR) is 73.5 cm³/mol. The third kappa shape index (κ3) is 2.32. The van der Waals surface area contributed by atoms with E-state index in [9.17, 15) is 9.90 Å². The summed E-state index contributed by atoms with van der Waals surface area (Å²) >= 11 is 0. The second kappa shape index (κ2) is 4.89. The van der Waals surface area contributed by atoms with Gasteiger partial charge in [0.05, 0.1) is 5.56 Å². The van der Waals surface area contributed by atoms with Crippen molar-refractivity contribution in [3.05, 3.63) is 53.6 Å². The lowest BCUT2D eigenvalue weighted by atomic mass is 10.0. The number of benzene rings is 2. The number of aryl methyl sites for hydroxylation is 1. The van der Waals surface area contributed by atoms with Gasteiger partial charge in [-0.25, -0.2) is 0 Å². The molecule has 102 valence electrons. The van der Waals surface area contributed by atoms with E-state index in [1.165, 1.54) is 12.1 Å². The molecule has 0 aromatic heterocycles. The second-order valence-electron chi connectivity index (χ2n) is 4.78. The van der Waals surface area contributed by atoms with Gasteiger partial charge in [-0.2, -0.15) is 0 Å². The van der Waals surface area contributed by atoms with Gasteiger partial charge >= 0.3 is 0 Å². The van der Waals surface area contributed by atoms with Crippen molar-refractivity contribution in [3.63, 3.8) is 0 Å². The van der Waals surface area contributed by atoms with Crippen molar-refractivity contribution in [2.75, 3.05) is 6.61 Å². The van der Waals surface area contributed by atoms with Gasteiger partial charge in [0.25, 0.3) is 0 Å². The van der Waals surface area contributed by atoms with Crippen LogP contribution in [0.25, 0.3) is 0 Å². The van der Waals surface area contributed by atoms with Crippen LogP contribution in [0.15, 0.2) is 42.5 Å². The molecule has 1 atom stereocenters. The first-order valence-electron chi connectivity index (χ1n) is 6.37. The molecule has 1 aliphatic rings. The number of carbonyl (C=O) groups excluding carboxylic acids is 1. The van der Waals surface area contributed by atoms with E-state index in [1.54, 1.807) is 6.07 Å². The van der Waals surface area contributed by atoms with E-state index >= 15 is 0 Å². The van der Waals surface area contributed by atoms with Crippen molar-refractivity contribution >= 4 is 5.78 Å². The maximum Gasteiger partial charge on any atom is 0.210 e. The quantitative estimate of drug-likeness (QED) is 0.911. The molecule has 0 amide bonds.